The first-order valence-electron chi connectivity index (χ1n) is 6.47. The second kappa shape index (κ2) is 6.29. The molecule has 4 nitrogen and oxygen atoms in total. The van der Waals surface area contributed by atoms with Crippen LogP contribution in [0.4, 0.5) is 0 Å². The Morgan fingerprint density at radius 3 is 2.63 bits per heavy atom. The molecule has 0 radical (unpaired) electrons. The number of hydrogen-bond donors (Lipinski definition) is 1. The van der Waals surface area contributed by atoms with Crippen molar-refractivity contribution in [2.75, 3.05) is 6.54 Å². The number of hydrogen-bond acceptors (Lipinski definition) is 4. The van der Waals surface area contributed by atoms with Crippen LogP contribution in [0.2, 0.25) is 0 Å². The first-order chi connectivity index (χ1) is 9.19. The minimum absolute atomic E-state index is 0.522. The summed E-state index contributed by atoms with van der Waals surface area (Å²) >= 11 is 0. The van der Waals surface area contributed by atoms with E-state index < -0.39 is 0 Å². The van der Waals surface area contributed by atoms with Gasteiger partial charge in [-0.05, 0) is 43.7 Å². The highest BCUT2D eigenvalue weighted by molar-refractivity contribution is 5.38. The molecule has 1 heterocycles. The lowest BCUT2D eigenvalue weighted by atomic mass is 10.1. The van der Waals surface area contributed by atoms with Crippen LogP contribution in [0.25, 0.3) is 0 Å². The van der Waals surface area contributed by atoms with Gasteiger partial charge in [0, 0.05) is 12.6 Å². The van der Waals surface area contributed by atoms with E-state index in [-0.39, 0.29) is 0 Å². The molecule has 1 aromatic carbocycles. The second-order valence-corrected chi connectivity index (χ2v) is 4.51. The van der Waals surface area contributed by atoms with Crippen LogP contribution in [0.1, 0.15) is 23.7 Å². The quantitative estimate of drug-likeness (QED) is 0.894. The summed E-state index contributed by atoms with van der Waals surface area (Å²) in [5, 5.41) is 11.4. The van der Waals surface area contributed by atoms with Crippen molar-refractivity contribution in [2.45, 2.75) is 27.3 Å². The Labute approximate surface area is 113 Å². The molecule has 0 bridgehead atoms. The molecule has 2 aromatic rings. The van der Waals surface area contributed by atoms with Crippen molar-refractivity contribution in [3.05, 3.63) is 47.2 Å². The summed E-state index contributed by atoms with van der Waals surface area (Å²) in [6, 6.07) is 9.88. The summed E-state index contributed by atoms with van der Waals surface area (Å²) in [5.74, 6) is 1.35. The lowest BCUT2D eigenvalue weighted by Crippen LogP contribution is -2.13. The standard InChI is InChI=1S/C15H19N3O/c1-4-16-10-13-7-8-15(18-17-13)19-14-9-11(2)5-6-12(14)3/h5-9,16H,4,10H2,1-3H3. The van der Waals surface area contributed by atoms with Crippen LogP contribution in [0.3, 0.4) is 0 Å². The minimum atomic E-state index is 0.522. The predicted octanol–water partition coefficient (Wildman–Crippen LogP) is 3.00. The van der Waals surface area contributed by atoms with Gasteiger partial charge in [-0.2, -0.15) is 5.10 Å². The molecule has 0 saturated carbocycles. The highest BCUT2D eigenvalue weighted by Gasteiger charge is 2.04. The third-order valence-corrected chi connectivity index (χ3v) is 2.81. The maximum absolute atomic E-state index is 5.76. The fourth-order valence-corrected chi connectivity index (χ4v) is 1.68. The zero-order valence-corrected chi connectivity index (χ0v) is 11.6. The van der Waals surface area contributed by atoms with Crippen LogP contribution in [-0.2, 0) is 6.54 Å². The van der Waals surface area contributed by atoms with Crippen LogP contribution < -0.4 is 10.1 Å². The molecule has 0 aliphatic heterocycles. The van der Waals surface area contributed by atoms with E-state index in [4.69, 9.17) is 4.74 Å². The summed E-state index contributed by atoms with van der Waals surface area (Å²) < 4.78 is 5.76. The predicted molar refractivity (Wildman–Crippen MR) is 75.4 cm³/mol. The number of aromatic nitrogens is 2. The van der Waals surface area contributed by atoms with Crippen molar-refractivity contribution >= 4 is 0 Å². The number of rotatable bonds is 5. The van der Waals surface area contributed by atoms with Gasteiger partial charge in [-0.25, -0.2) is 0 Å². The van der Waals surface area contributed by atoms with Gasteiger partial charge in [0.1, 0.15) is 5.75 Å². The normalized spacial score (nSPS) is 10.5. The van der Waals surface area contributed by atoms with Gasteiger partial charge in [-0.15, -0.1) is 5.10 Å². The molecule has 100 valence electrons. The van der Waals surface area contributed by atoms with Crippen LogP contribution >= 0.6 is 0 Å². The Balaban J connectivity index is 2.08. The summed E-state index contributed by atoms with van der Waals surface area (Å²) in [6.45, 7) is 7.76. The van der Waals surface area contributed by atoms with E-state index in [2.05, 4.69) is 28.5 Å². The van der Waals surface area contributed by atoms with E-state index in [9.17, 15) is 0 Å². The molecule has 1 N–H and O–H groups in total. The first-order valence-corrected chi connectivity index (χ1v) is 6.47. The molecule has 0 aliphatic rings. The Morgan fingerprint density at radius 1 is 1.11 bits per heavy atom. The Bertz CT molecular complexity index is 538. The SMILES string of the molecule is CCNCc1ccc(Oc2cc(C)ccc2C)nn1. The number of nitrogens with zero attached hydrogens (tertiary/aromatic N) is 2. The van der Waals surface area contributed by atoms with E-state index in [1.54, 1.807) is 0 Å². The molecular weight excluding hydrogens is 238 g/mol. The Hall–Kier alpha value is -1.94. The molecule has 0 atom stereocenters. The van der Waals surface area contributed by atoms with Crippen LogP contribution in [0.15, 0.2) is 30.3 Å². The fourth-order valence-electron chi connectivity index (χ4n) is 1.68. The third kappa shape index (κ3) is 3.76. The zero-order chi connectivity index (χ0) is 13.7. The average molecular weight is 257 g/mol. The largest absolute Gasteiger partial charge is 0.437 e. The Kier molecular flexibility index (Phi) is 4.47. The van der Waals surface area contributed by atoms with Crippen molar-refractivity contribution in [3.63, 3.8) is 0 Å². The van der Waals surface area contributed by atoms with Gasteiger partial charge in [0.25, 0.3) is 0 Å². The number of nitrogens with one attached hydrogen (secondary N) is 1. The summed E-state index contributed by atoms with van der Waals surface area (Å²) in [7, 11) is 0. The number of benzene rings is 1. The lowest BCUT2D eigenvalue weighted by Gasteiger charge is -2.08. The third-order valence-electron chi connectivity index (χ3n) is 2.81. The molecule has 0 saturated heterocycles. The summed E-state index contributed by atoms with van der Waals surface area (Å²) in [4.78, 5) is 0. The van der Waals surface area contributed by atoms with Gasteiger partial charge >= 0.3 is 0 Å². The fraction of sp³-hybridized carbons (Fsp3) is 0.333. The van der Waals surface area contributed by atoms with Gasteiger partial charge < -0.3 is 10.1 Å². The topological polar surface area (TPSA) is 47.0 Å². The summed E-state index contributed by atoms with van der Waals surface area (Å²) in [5.41, 5.74) is 3.16. The average Bonchev–Trinajstić information content (AvgIpc) is 2.42. The van der Waals surface area contributed by atoms with E-state index >= 15 is 0 Å². The first kappa shape index (κ1) is 13.5. The van der Waals surface area contributed by atoms with E-state index in [0.29, 0.717) is 5.88 Å². The number of aryl methyl sites for hydroxylation is 2. The molecular formula is C15H19N3O. The minimum Gasteiger partial charge on any atom is -0.437 e. The van der Waals surface area contributed by atoms with Crippen LogP contribution in [0, 0.1) is 13.8 Å². The lowest BCUT2D eigenvalue weighted by molar-refractivity contribution is 0.449. The van der Waals surface area contributed by atoms with Crippen LogP contribution in [0.5, 0.6) is 11.6 Å². The van der Waals surface area contributed by atoms with Gasteiger partial charge in [0.15, 0.2) is 0 Å². The molecule has 2 rings (SSSR count). The van der Waals surface area contributed by atoms with E-state index in [0.717, 1.165) is 35.7 Å². The van der Waals surface area contributed by atoms with Crippen molar-refractivity contribution < 1.29 is 4.74 Å². The molecule has 1 aromatic heterocycles. The highest BCUT2D eigenvalue weighted by atomic mass is 16.5. The van der Waals surface area contributed by atoms with Gasteiger partial charge in [0.2, 0.25) is 5.88 Å². The van der Waals surface area contributed by atoms with E-state index in [1.165, 1.54) is 0 Å². The molecule has 19 heavy (non-hydrogen) atoms. The molecule has 4 heteroatoms. The molecule has 0 amide bonds. The molecule has 0 spiro atoms. The maximum atomic E-state index is 5.76. The van der Waals surface area contributed by atoms with Gasteiger partial charge in [0.05, 0.1) is 5.69 Å². The van der Waals surface area contributed by atoms with Crippen molar-refractivity contribution in [3.8, 4) is 11.6 Å². The van der Waals surface area contributed by atoms with Crippen molar-refractivity contribution in [1.29, 1.82) is 0 Å². The van der Waals surface area contributed by atoms with Gasteiger partial charge in [-0.3, -0.25) is 0 Å². The van der Waals surface area contributed by atoms with E-state index in [1.807, 2.05) is 38.1 Å². The monoisotopic (exact) mass is 257 g/mol. The summed E-state index contributed by atoms with van der Waals surface area (Å²) in [6.07, 6.45) is 0. The zero-order valence-electron chi connectivity index (χ0n) is 11.6. The Morgan fingerprint density at radius 2 is 1.95 bits per heavy atom. The van der Waals surface area contributed by atoms with Crippen LogP contribution in [-0.4, -0.2) is 16.7 Å². The van der Waals surface area contributed by atoms with Crippen molar-refractivity contribution in [1.82, 2.24) is 15.5 Å². The second-order valence-electron chi connectivity index (χ2n) is 4.51. The molecule has 0 unspecified atom stereocenters. The van der Waals surface area contributed by atoms with Crippen molar-refractivity contribution in [2.24, 2.45) is 0 Å². The van der Waals surface area contributed by atoms with Gasteiger partial charge in [-0.1, -0.05) is 19.1 Å². The smallest absolute Gasteiger partial charge is 0.238 e. The number of ether oxygens (including phenoxy) is 1. The molecule has 0 fully saturated rings. The maximum Gasteiger partial charge on any atom is 0.238 e. The highest BCUT2D eigenvalue weighted by Crippen LogP contribution is 2.24. The molecule has 0 aliphatic carbocycles.